The Morgan fingerprint density at radius 2 is 1.70 bits per heavy atom. The minimum absolute atomic E-state index is 0.744. The van der Waals surface area contributed by atoms with Crippen LogP contribution in [-0.2, 0) is 5.75 Å². The van der Waals surface area contributed by atoms with E-state index in [4.69, 9.17) is 0 Å². The zero-order valence-electron chi connectivity index (χ0n) is 14.3. The normalized spacial score (nSPS) is 11.3. The van der Waals surface area contributed by atoms with Crippen LogP contribution in [0.25, 0.3) is 22.0 Å². The number of hydrogen-bond acceptors (Lipinski definition) is 5. The number of aromatic nitrogens is 5. The van der Waals surface area contributed by atoms with Gasteiger partial charge in [-0.25, -0.2) is 4.98 Å². The predicted octanol–water partition coefficient (Wildman–Crippen LogP) is 4.94. The van der Waals surface area contributed by atoms with Crippen molar-refractivity contribution in [3.05, 3.63) is 84.1 Å². The summed E-state index contributed by atoms with van der Waals surface area (Å²) >= 11 is 3.29. The number of thiazole rings is 1. The van der Waals surface area contributed by atoms with Crippen LogP contribution in [0.4, 0.5) is 0 Å². The van der Waals surface area contributed by atoms with E-state index in [1.165, 1.54) is 0 Å². The van der Waals surface area contributed by atoms with Crippen molar-refractivity contribution in [2.24, 2.45) is 0 Å². The summed E-state index contributed by atoms with van der Waals surface area (Å²) in [5, 5.41) is 11.8. The van der Waals surface area contributed by atoms with Crippen molar-refractivity contribution in [2.45, 2.75) is 10.9 Å². The molecule has 0 bridgehead atoms. The van der Waals surface area contributed by atoms with Crippen LogP contribution < -0.4 is 0 Å². The minimum atomic E-state index is 0.744. The molecule has 0 spiro atoms. The fourth-order valence-electron chi connectivity index (χ4n) is 2.93. The largest absolute Gasteiger partial charge is 0.297 e. The highest BCUT2D eigenvalue weighted by Gasteiger charge is 2.16. The van der Waals surface area contributed by atoms with Crippen LogP contribution in [0.5, 0.6) is 0 Å². The molecule has 2 aromatic carbocycles. The fraction of sp³-hybridized carbons (Fsp3) is 0.0500. The van der Waals surface area contributed by atoms with Crippen molar-refractivity contribution in [1.82, 2.24) is 24.1 Å². The third kappa shape index (κ3) is 3.15. The highest BCUT2D eigenvalue weighted by atomic mass is 32.2. The molecule has 5 rings (SSSR count). The topological polar surface area (TPSA) is 48.0 Å². The maximum absolute atomic E-state index is 4.66. The molecule has 0 amide bonds. The van der Waals surface area contributed by atoms with Crippen LogP contribution in [0.1, 0.15) is 5.69 Å². The van der Waals surface area contributed by atoms with E-state index >= 15 is 0 Å². The van der Waals surface area contributed by atoms with E-state index in [-0.39, 0.29) is 0 Å². The van der Waals surface area contributed by atoms with E-state index in [1.54, 1.807) is 23.1 Å². The molecule has 3 heterocycles. The van der Waals surface area contributed by atoms with E-state index in [9.17, 15) is 0 Å². The third-order valence-corrected chi connectivity index (χ3v) is 5.91. The summed E-state index contributed by atoms with van der Waals surface area (Å²) in [6.07, 6.45) is 4.10. The minimum Gasteiger partial charge on any atom is -0.297 e. The van der Waals surface area contributed by atoms with Crippen molar-refractivity contribution in [3.8, 4) is 17.1 Å². The van der Waals surface area contributed by atoms with Gasteiger partial charge in [-0.15, -0.1) is 21.5 Å². The molecule has 5 nitrogen and oxygen atoms in total. The molecule has 27 heavy (non-hydrogen) atoms. The molecule has 0 atom stereocenters. The van der Waals surface area contributed by atoms with Crippen LogP contribution >= 0.6 is 23.1 Å². The molecule has 0 saturated carbocycles. The third-order valence-electron chi connectivity index (χ3n) is 4.17. The lowest BCUT2D eigenvalue weighted by molar-refractivity contribution is 0.885. The summed E-state index contributed by atoms with van der Waals surface area (Å²) in [6, 6.07) is 20.4. The Morgan fingerprint density at radius 3 is 2.48 bits per heavy atom. The first-order chi connectivity index (χ1) is 13.4. The summed E-state index contributed by atoms with van der Waals surface area (Å²) in [6.45, 7) is 0. The Labute approximate surface area is 164 Å². The second-order valence-electron chi connectivity index (χ2n) is 5.96. The molecule has 3 aromatic heterocycles. The Hall–Kier alpha value is -2.90. The molecule has 0 saturated heterocycles. The number of fused-ring (bicyclic) bond motifs is 1. The number of benzene rings is 2. The Bertz CT molecular complexity index is 1150. The van der Waals surface area contributed by atoms with Gasteiger partial charge in [-0.05, 0) is 12.1 Å². The van der Waals surface area contributed by atoms with Crippen molar-refractivity contribution >= 4 is 28.1 Å². The van der Waals surface area contributed by atoms with Crippen molar-refractivity contribution < 1.29 is 0 Å². The molecular formula is C20H15N5S2. The highest BCUT2D eigenvalue weighted by Crippen LogP contribution is 2.29. The lowest BCUT2D eigenvalue weighted by Gasteiger charge is -2.09. The van der Waals surface area contributed by atoms with Crippen molar-refractivity contribution in [1.29, 1.82) is 0 Å². The number of para-hydroxylation sites is 1. The molecule has 5 aromatic rings. The van der Waals surface area contributed by atoms with E-state index in [0.717, 1.165) is 38.6 Å². The van der Waals surface area contributed by atoms with Gasteiger partial charge in [-0.1, -0.05) is 60.3 Å². The maximum Gasteiger partial charge on any atom is 0.196 e. The quantitative estimate of drug-likeness (QED) is 0.400. The van der Waals surface area contributed by atoms with Crippen molar-refractivity contribution in [2.75, 3.05) is 0 Å². The Kier molecular flexibility index (Phi) is 4.23. The van der Waals surface area contributed by atoms with E-state index in [0.29, 0.717) is 0 Å². The molecule has 0 unspecified atom stereocenters. The van der Waals surface area contributed by atoms with E-state index < -0.39 is 0 Å². The first kappa shape index (κ1) is 16.3. The van der Waals surface area contributed by atoms with Crippen LogP contribution in [0.3, 0.4) is 0 Å². The van der Waals surface area contributed by atoms with Gasteiger partial charge in [0, 0.05) is 34.8 Å². The average Bonchev–Trinajstić information content (AvgIpc) is 3.42. The number of hydrogen-bond donors (Lipinski definition) is 0. The lowest BCUT2D eigenvalue weighted by atomic mass is 10.2. The van der Waals surface area contributed by atoms with Crippen LogP contribution in [0.2, 0.25) is 0 Å². The predicted molar refractivity (Wildman–Crippen MR) is 109 cm³/mol. The van der Waals surface area contributed by atoms with Crippen molar-refractivity contribution in [3.63, 3.8) is 0 Å². The van der Waals surface area contributed by atoms with E-state index in [2.05, 4.69) is 54.6 Å². The van der Waals surface area contributed by atoms with Gasteiger partial charge >= 0.3 is 0 Å². The zero-order valence-corrected chi connectivity index (χ0v) is 15.9. The number of thioether (sulfide) groups is 1. The van der Waals surface area contributed by atoms with Gasteiger partial charge < -0.3 is 0 Å². The summed E-state index contributed by atoms with van der Waals surface area (Å²) in [5.41, 5.74) is 3.13. The number of imidazole rings is 1. The molecule has 0 aliphatic carbocycles. The number of nitrogens with zero attached hydrogens (tertiary/aromatic N) is 5. The van der Waals surface area contributed by atoms with Gasteiger partial charge in [0.05, 0.1) is 5.69 Å². The fourth-order valence-corrected chi connectivity index (χ4v) is 4.49. The maximum atomic E-state index is 4.66. The first-order valence-corrected chi connectivity index (χ1v) is 10.4. The van der Waals surface area contributed by atoms with Gasteiger partial charge in [0.2, 0.25) is 0 Å². The highest BCUT2D eigenvalue weighted by molar-refractivity contribution is 7.98. The van der Waals surface area contributed by atoms with Gasteiger partial charge in [0.25, 0.3) is 0 Å². The van der Waals surface area contributed by atoms with E-state index in [1.807, 2.05) is 48.0 Å². The summed E-state index contributed by atoms with van der Waals surface area (Å²) in [7, 11) is 0. The van der Waals surface area contributed by atoms with Crippen LogP contribution in [0, 0.1) is 0 Å². The molecule has 0 N–H and O–H groups in total. The standard InChI is InChI=1S/C20H15N5S2/c1-3-7-15(8-4-1)18-22-23-20(25(18)17-9-5-2-6-10-17)27-14-16-13-24-11-12-26-19(24)21-16/h1-13H,14H2. The van der Waals surface area contributed by atoms with Gasteiger partial charge in [0.1, 0.15) is 0 Å². The molecule has 0 aliphatic rings. The molecule has 0 radical (unpaired) electrons. The van der Waals surface area contributed by atoms with Crippen LogP contribution in [0.15, 0.2) is 83.6 Å². The van der Waals surface area contributed by atoms with Gasteiger partial charge in [0.15, 0.2) is 15.9 Å². The summed E-state index contributed by atoms with van der Waals surface area (Å²) in [4.78, 5) is 5.67. The zero-order chi connectivity index (χ0) is 18.1. The Balaban J connectivity index is 1.51. The monoisotopic (exact) mass is 389 g/mol. The smallest absolute Gasteiger partial charge is 0.196 e. The van der Waals surface area contributed by atoms with Gasteiger partial charge in [-0.2, -0.15) is 0 Å². The molecule has 0 fully saturated rings. The molecule has 132 valence electrons. The Morgan fingerprint density at radius 1 is 0.926 bits per heavy atom. The SMILES string of the molecule is c1ccc(-c2nnc(SCc3cn4ccsc4n3)n2-c2ccccc2)cc1. The van der Waals surface area contributed by atoms with Gasteiger partial charge in [-0.3, -0.25) is 8.97 Å². The summed E-state index contributed by atoms with van der Waals surface area (Å²) < 4.78 is 4.16. The number of rotatable bonds is 5. The first-order valence-electron chi connectivity index (χ1n) is 8.48. The molecule has 7 heteroatoms. The molecular weight excluding hydrogens is 374 g/mol. The second-order valence-corrected chi connectivity index (χ2v) is 7.77. The lowest BCUT2D eigenvalue weighted by Crippen LogP contribution is -1.99. The average molecular weight is 390 g/mol. The molecule has 0 aliphatic heterocycles. The second kappa shape index (κ2) is 7.02. The summed E-state index contributed by atoms with van der Waals surface area (Å²) in [5.74, 6) is 1.59. The van der Waals surface area contributed by atoms with Crippen LogP contribution in [-0.4, -0.2) is 24.1 Å².